The van der Waals surface area contributed by atoms with Crippen molar-refractivity contribution in [3.63, 3.8) is 0 Å². The number of hydrogen-bond donors (Lipinski definition) is 0. The van der Waals surface area contributed by atoms with Crippen LogP contribution in [-0.2, 0) is 19.3 Å². The summed E-state index contributed by atoms with van der Waals surface area (Å²) in [5.74, 6) is 0. The van der Waals surface area contributed by atoms with Crippen molar-refractivity contribution in [1.29, 1.82) is 0 Å². The molecule has 0 unspecified atom stereocenters. The predicted molar refractivity (Wildman–Crippen MR) is 190 cm³/mol. The van der Waals surface area contributed by atoms with E-state index in [9.17, 15) is 0 Å². The van der Waals surface area contributed by atoms with Gasteiger partial charge in [0.25, 0.3) is 0 Å². The lowest BCUT2D eigenvalue weighted by Gasteiger charge is -2.17. The fourth-order valence-corrected chi connectivity index (χ4v) is 6.34. The van der Waals surface area contributed by atoms with Crippen LogP contribution in [0.5, 0.6) is 0 Å². The van der Waals surface area contributed by atoms with Crippen LogP contribution in [0, 0.1) is 0 Å². The summed E-state index contributed by atoms with van der Waals surface area (Å²) < 4.78 is 0. The highest BCUT2D eigenvalue weighted by atomic mass is 14.2. The van der Waals surface area contributed by atoms with Crippen molar-refractivity contribution in [1.82, 2.24) is 0 Å². The van der Waals surface area contributed by atoms with Crippen LogP contribution in [-0.4, -0.2) is 0 Å². The van der Waals surface area contributed by atoms with E-state index in [1.165, 1.54) is 66.8 Å². The minimum atomic E-state index is 0.897. The van der Waals surface area contributed by atoms with Crippen LogP contribution in [0.3, 0.4) is 0 Å². The summed E-state index contributed by atoms with van der Waals surface area (Å²) in [6.07, 6.45) is 2.71. The van der Waals surface area contributed by atoms with Crippen molar-refractivity contribution in [3.05, 3.63) is 215 Å². The van der Waals surface area contributed by atoms with Gasteiger partial charge in [-0.1, -0.05) is 164 Å². The van der Waals surface area contributed by atoms with Gasteiger partial charge in [-0.2, -0.15) is 0 Å². The molecule has 0 aliphatic heterocycles. The van der Waals surface area contributed by atoms with Gasteiger partial charge in [0.2, 0.25) is 0 Å². The zero-order valence-corrected chi connectivity index (χ0v) is 25.4. The first-order valence-electron chi connectivity index (χ1n) is 15.8. The average molecular weight is 577 g/mol. The fourth-order valence-electron chi connectivity index (χ4n) is 6.34. The molecule has 0 amide bonds. The molecule has 7 rings (SSSR count). The van der Waals surface area contributed by atoms with E-state index in [0.717, 1.165) is 19.3 Å². The molecule has 216 valence electrons. The van der Waals surface area contributed by atoms with Crippen molar-refractivity contribution in [3.8, 4) is 33.4 Å². The lowest BCUT2D eigenvalue weighted by atomic mass is 9.87. The molecule has 0 bridgehead atoms. The molecule has 0 aromatic heterocycles. The zero-order valence-electron chi connectivity index (χ0n) is 25.4. The standard InChI is InChI=1S/C45H36/c1-4-15-34(16-5-1)27-37-21-14-24-38(30-37)41-31-42(44-25-12-10-22-39(44)28-35-17-6-2-7-18-35)33-43(32-41)45-26-13-11-23-40(45)29-36-19-8-3-9-20-36/h1-26,30-33H,27-29H2. The second-order valence-electron chi connectivity index (χ2n) is 11.8. The zero-order chi connectivity index (χ0) is 30.3. The first kappa shape index (κ1) is 28.3. The minimum Gasteiger partial charge on any atom is -0.0622 e. The number of benzene rings is 7. The van der Waals surface area contributed by atoms with Crippen LogP contribution in [0.2, 0.25) is 0 Å². The number of hydrogen-bond acceptors (Lipinski definition) is 0. The normalized spacial score (nSPS) is 10.9. The molecule has 0 heterocycles. The van der Waals surface area contributed by atoms with Crippen molar-refractivity contribution in [2.24, 2.45) is 0 Å². The summed E-state index contributed by atoms with van der Waals surface area (Å²) >= 11 is 0. The van der Waals surface area contributed by atoms with E-state index in [1.807, 2.05) is 0 Å². The van der Waals surface area contributed by atoms with Crippen LogP contribution in [0.4, 0.5) is 0 Å². The molecule has 0 saturated heterocycles. The van der Waals surface area contributed by atoms with E-state index >= 15 is 0 Å². The molecule has 0 nitrogen and oxygen atoms in total. The molecule has 45 heavy (non-hydrogen) atoms. The van der Waals surface area contributed by atoms with Gasteiger partial charge in [-0.25, -0.2) is 0 Å². The third-order valence-electron chi connectivity index (χ3n) is 8.58. The summed E-state index contributed by atoms with van der Waals surface area (Å²) in [5, 5.41) is 0. The van der Waals surface area contributed by atoms with Gasteiger partial charge < -0.3 is 0 Å². The van der Waals surface area contributed by atoms with E-state index < -0.39 is 0 Å². The first-order chi connectivity index (χ1) is 22.3. The van der Waals surface area contributed by atoms with Crippen LogP contribution in [0.15, 0.2) is 182 Å². The fraction of sp³-hybridized carbons (Fsp3) is 0.0667. The second kappa shape index (κ2) is 13.5. The Balaban J connectivity index is 1.35. The topological polar surface area (TPSA) is 0 Å². The predicted octanol–water partition coefficient (Wildman–Crippen LogP) is 11.5. The first-order valence-corrected chi connectivity index (χ1v) is 15.8. The molecular formula is C45H36. The van der Waals surface area contributed by atoms with Gasteiger partial charge in [0, 0.05) is 0 Å². The highest BCUT2D eigenvalue weighted by molar-refractivity contribution is 5.83. The van der Waals surface area contributed by atoms with Gasteiger partial charge in [0.05, 0.1) is 0 Å². The van der Waals surface area contributed by atoms with Gasteiger partial charge in [0.15, 0.2) is 0 Å². The monoisotopic (exact) mass is 576 g/mol. The minimum absolute atomic E-state index is 0.897. The van der Waals surface area contributed by atoms with Gasteiger partial charge in [-0.3, -0.25) is 0 Å². The molecule has 0 aliphatic carbocycles. The molecule has 0 spiro atoms. The van der Waals surface area contributed by atoms with Gasteiger partial charge in [-0.05, 0) is 104 Å². The van der Waals surface area contributed by atoms with E-state index in [1.54, 1.807) is 0 Å². The molecule has 0 radical (unpaired) electrons. The van der Waals surface area contributed by atoms with E-state index in [0.29, 0.717) is 0 Å². The highest BCUT2D eigenvalue weighted by Crippen LogP contribution is 2.37. The Morgan fingerprint density at radius 3 is 1.16 bits per heavy atom. The van der Waals surface area contributed by atoms with Crippen molar-refractivity contribution >= 4 is 0 Å². The van der Waals surface area contributed by atoms with Crippen LogP contribution < -0.4 is 0 Å². The highest BCUT2D eigenvalue weighted by Gasteiger charge is 2.13. The lowest BCUT2D eigenvalue weighted by Crippen LogP contribution is -1.96. The third kappa shape index (κ3) is 6.87. The molecule has 7 aromatic rings. The summed E-state index contributed by atoms with van der Waals surface area (Å²) in [5.41, 5.74) is 15.5. The number of rotatable bonds is 9. The maximum absolute atomic E-state index is 2.39. The molecule has 0 saturated carbocycles. The lowest BCUT2D eigenvalue weighted by molar-refractivity contribution is 1.19. The van der Waals surface area contributed by atoms with Crippen molar-refractivity contribution in [2.45, 2.75) is 19.3 Å². The summed E-state index contributed by atoms with van der Waals surface area (Å²) in [4.78, 5) is 0. The smallest absolute Gasteiger partial charge is 0.00196 e. The Hall–Kier alpha value is -5.46. The molecule has 0 N–H and O–H groups in total. The SMILES string of the molecule is c1ccc(Cc2cccc(-c3cc(-c4ccccc4Cc4ccccc4)cc(-c4ccccc4Cc4ccccc4)c3)c2)cc1. The molecule has 0 fully saturated rings. The Kier molecular flexibility index (Phi) is 8.47. The maximum atomic E-state index is 2.39. The Labute approximate surface area is 267 Å². The van der Waals surface area contributed by atoms with Gasteiger partial charge in [-0.15, -0.1) is 0 Å². The molecule has 0 atom stereocenters. The van der Waals surface area contributed by atoms with Crippen LogP contribution in [0.1, 0.15) is 33.4 Å². The third-order valence-corrected chi connectivity index (χ3v) is 8.58. The van der Waals surface area contributed by atoms with Crippen molar-refractivity contribution < 1.29 is 0 Å². The Morgan fingerprint density at radius 1 is 0.244 bits per heavy atom. The van der Waals surface area contributed by atoms with Crippen LogP contribution in [0.25, 0.3) is 33.4 Å². The summed E-state index contributed by atoms with van der Waals surface area (Å²) in [6.45, 7) is 0. The van der Waals surface area contributed by atoms with Crippen LogP contribution >= 0.6 is 0 Å². The summed E-state index contributed by atoms with van der Waals surface area (Å²) in [6, 6.07) is 66.3. The Morgan fingerprint density at radius 2 is 0.644 bits per heavy atom. The van der Waals surface area contributed by atoms with Crippen molar-refractivity contribution in [2.75, 3.05) is 0 Å². The van der Waals surface area contributed by atoms with Gasteiger partial charge >= 0.3 is 0 Å². The van der Waals surface area contributed by atoms with Gasteiger partial charge in [0.1, 0.15) is 0 Å². The summed E-state index contributed by atoms with van der Waals surface area (Å²) in [7, 11) is 0. The molecule has 7 aromatic carbocycles. The van der Waals surface area contributed by atoms with E-state index in [2.05, 4.69) is 182 Å². The largest absolute Gasteiger partial charge is 0.0622 e. The molecule has 0 aliphatic rings. The van der Waals surface area contributed by atoms with E-state index in [4.69, 9.17) is 0 Å². The Bertz CT molecular complexity index is 1900. The second-order valence-corrected chi connectivity index (χ2v) is 11.8. The molecule has 0 heteroatoms. The molecular weight excluding hydrogens is 540 g/mol. The average Bonchev–Trinajstić information content (AvgIpc) is 3.10. The quantitative estimate of drug-likeness (QED) is 0.160. The van der Waals surface area contributed by atoms with E-state index in [-0.39, 0.29) is 0 Å². The maximum Gasteiger partial charge on any atom is -0.00196 e.